The minimum Gasteiger partial charge on any atom is -0.465 e. The topological polar surface area (TPSA) is 77.0 Å². The minimum absolute atomic E-state index is 0.0668. The van der Waals surface area contributed by atoms with Gasteiger partial charge in [-0.25, -0.2) is 0 Å². The number of ether oxygens (including phenoxy) is 1. The maximum Gasteiger partial charge on any atom is 0.309 e. The molecule has 7 atom stereocenters. The number of nitrogens with zero attached hydrogens (tertiary/aromatic N) is 1. The number of hydrogen-bond donors (Lipinski definition) is 1. The molecular formula is C23H34N2O4. The number of nitrogens with one attached hydrogen (secondary N) is 1. The van der Waals surface area contributed by atoms with Gasteiger partial charge >= 0.3 is 5.97 Å². The number of cyclic esters (lactones) is 1. The van der Waals surface area contributed by atoms with Gasteiger partial charge in [0.25, 0.3) is 0 Å². The van der Waals surface area contributed by atoms with Gasteiger partial charge in [0.2, 0.25) is 0 Å². The van der Waals surface area contributed by atoms with Gasteiger partial charge in [-0.3, -0.25) is 9.59 Å². The van der Waals surface area contributed by atoms with Crippen molar-refractivity contribution in [1.29, 1.82) is 0 Å². The first kappa shape index (κ1) is 19.5. The van der Waals surface area contributed by atoms with Crippen molar-refractivity contribution in [3.63, 3.8) is 0 Å². The second-order valence-electron chi connectivity index (χ2n) is 10.6. The average Bonchev–Trinajstić information content (AvgIpc) is 3.31. The highest BCUT2D eigenvalue weighted by molar-refractivity contribution is 5.90. The first-order chi connectivity index (χ1) is 13.9. The monoisotopic (exact) mass is 402 g/mol. The number of hydrogen-bond acceptors (Lipinski definition) is 6. The predicted octanol–water partition coefficient (Wildman–Crippen LogP) is 3.10. The van der Waals surface area contributed by atoms with Gasteiger partial charge in [0, 0.05) is 37.1 Å². The fraction of sp³-hybridized carbons (Fsp3) is 0.870. The van der Waals surface area contributed by atoms with Gasteiger partial charge < -0.3 is 14.9 Å². The van der Waals surface area contributed by atoms with Crippen LogP contribution in [0.4, 0.5) is 0 Å². The Morgan fingerprint density at radius 1 is 1.10 bits per heavy atom. The Labute approximate surface area is 173 Å². The standard InChI is InChI=1S/C23H34N2O4/c1-22-8-5-14(25-29-15-7-10-24-12-15)11-19(22)21(27)28-13-16-17-3-4-20(26)23(17,2)9-6-18(16)22/h15-19,24H,3-13H2,1-2H3/b25-14+/t15-,16+,17+,18+,19?,22-,23+/m1/s1. The lowest BCUT2D eigenvalue weighted by atomic mass is 9.50. The number of rotatable bonds is 2. The van der Waals surface area contributed by atoms with Crippen LogP contribution in [0, 0.1) is 34.5 Å². The van der Waals surface area contributed by atoms with E-state index in [4.69, 9.17) is 9.57 Å². The lowest BCUT2D eigenvalue weighted by Gasteiger charge is -2.52. The van der Waals surface area contributed by atoms with Gasteiger partial charge in [0.1, 0.15) is 11.9 Å². The lowest BCUT2D eigenvalue weighted by Crippen LogP contribution is -2.50. The number of ketones is 1. The molecule has 0 amide bonds. The molecule has 5 fully saturated rings. The maximum atomic E-state index is 13.0. The van der Waals surface area contributed by atoms with Crippen LogP contribution in [0.3, 0.4) is 0 Å². The highest BCUT2D eigenvalue weighted by atomic mass is 16.6. The van der Waals surface area contributed by atoms with Crippen LogP contribution in [0.15, 0.2) is 5.16 Å². The van der Waals surface area contributed by atoms with Crippen molar-refractivity contribution >= 4 is 17.5 Å². The first-order valence-electron chi connectivity index (χ1n) is 11.5. The third-order valence-corrected chi connectivity index (χ3v) is 9.23. The highest BCUT2D eigenvalue weighted by Gasteiger charge is 2.61. The third kappa shape index (κ3) is 3.05. The summed E-state index contributed by atoms with van der Waals surface area (Å²) in [5.41, 5.74) is 0.736. The molecule has 0 aromatic carbocycles. The fourth-order valence-corrected chi connectivity index (χ4v) is 7.29. The summed E-state index contributed by atoms with van der Waals surface area (Å²) in [4.78, 5) is 31.4. The van der Waals surface area contributed by atoms with E-state index in [9.17, 15) is 9.59 Å². The van der Waals surface area contributed by atoms with E-state index in [1.54, 1.807) is 0 Å². The molecule has 0 aromatic heterocycles. The van der Waals surface area contributed by atoms with E-state index in [1.807, 2.05) is 0 Å². The van der Waals surface area contributed by atoms with Crippen molar-refractivity contribution in [3.8, 4) is 0 Å². The van der Waals surface area contributed by atoms with Gasteiger partial charge in [-0.05, 0) is 55.9 Å². The van der Waals surface area contributed by atoms with Gasteiger partial charge in [-0.15, -0.1) is 0 Å². The zero-order chi connectivity index (χ0) is 20.2. The minimum atomic E-state index is -0.200. The molecule has 0 aromatic rings. The Morgan fingerprint density at radius 3 is 2.76 bits per heavy atom. The van der Waals surface area contributed by atoms with E-state index in [1.165, 1.54) is 0 Å². The SMILES string of the molecule is C[C@]12CC/C(=N\O[C@@H]3CCNC3)CC1C(=O)OC[C@@H]1[C@@H]2CC[C@]2(C)C(=O)CC[C@@H]12. The predicted molar refractivity (Wildman–Crippen MR) is 108 cm³/mol. The number of Topliss-reactive ketones (excluding diaryl/α,β-unsaturated/α-hetero) is 1. The van der Waals surface area contributed by atoms with Crippen molar-refractivity contribution in [2.24, 2.45) is 39.7 Å². The van der Waals surface area contributed by atoms with Crippen molar-refractivity contribution in [2.75, 3.05) is 19.7 Å². The van der Waals surface area contributed by atoms with E-state index in [0.717, 1.165) is 57.3 Å². The normalized spacial score (nSPS) is 48.5. The molecule has 2 aliphatic heterocycles. The number of esters is 1. The maximum absolute atomic E-state index is 13.0. The van der Waals surface area contributed by atoms with Gasteiger partial charge in [-0.1, -0.05) is 19.0 Å². The van der Waals surface area contributed by atoms with Crippen LogP contribution < -0.4 is 5.32 Å². The molecule has 5 rings (SSSR count). The molecule has 6 nitrogen and oxygen atoms in total. The summed E-state index contributed by atoms with van der Waals surface area (Å²) < 4.78 is 5.87. The summed E-state index contributed by atoms with van der Waals surface area (Å²) in [6.45, 7) is 6.78. The lowest BCUT2D eigenvalue weighted by molar-refractivity contribution is -0.151. The average molecular weight is 403 g/mol. The summed E-state index contributed by atoms with van der Waals surface area (Å²) in [5.74, 6) is 1.35. The Bertz CT molecular complexity index is 730. The van der Waals surface area contributed by atoms with E-state index in [0.29, 0.717) is 43.0 Å². The number of oxime groups is 1. The number of carbonyl (C=O) groups is 2. The Balaban J connectivity index is 1.38. The van der Waals surface area contributed by atoms with Gasteiger partial charge in [0.15, 0.2) is 0 Å². The smallest absolute Gasteiger partial charge is 0.309 e. The molecule has 160 valence electrons. The molecular weight excluding hydrogens is 368 g/mol. The van der Waals surface area contributed by atoms with E-state index in [-0.39, 0.29) is 28.8 Å². The van der Waals surface area contributed by atoms with Crippen LogP contribution >= 0.6 is 0 Å². The quantitative estimate of drug-likeness (QED) is 0.567. The first-order valence-corrected chi connectivity index (χ1v) is 11.5. The molecule has 0 bridgehead atoms. The molecule has 6 heteroatoms. The zero-order valence-corrected chi connectivity index (χ0v) is 17.7. The van der Waals surface area contributed by atoms with Crippen molar-refractivity contribution in [1.82, 2.24) is 5.32 Å². The highest BCUT2D eigenvalue weighted by Crippen LogP contribution is 2.62. The van der Waals surface area contributed by atoms with Crippen molar-refractivity contribution < 1.29 is 19.2 Å². The molecule has 2 heterocycles. The fourth-order valence-electron chi connectivity index (χ4n) is 7.29. The number of fused-ring (bicyclic) bond motifs is 5. The Kier molecular flexibility index (Phi) is 4.76. The van der Waals surface area contributed by atoms with Crippen LogP contribution in [-0.4, -0.2) is 43.3 Å². The summed E-state index contributed by atoms with van der Waals surface area (Å²) in [6, 6.07) is 0. The van der Waals surface area contributed by atoms with Crippen molar-refractivity contribution in [2.45, 2.75) is 71.3 Å². The van der Waals surface area contributed by atoms with Crippen LogP contribution in [0.1, 0.15) is 65.2 Å². The van der Waals surface area contributed by atoms with Crippen LogP contribution in [0.5, 0.6) is 0 Å². The van der Waals surface area contributed by atoms with Gasteiger partial charge in [0.05, 0.1) is 18.2 Å². The number of carbonyl (C=O) groups excluding carboxylic acids is 2. The zero-order valence-electron chi connectivity index (χ0n) is 17.7. The largest absolute Gasteiger partial charge is 0.465 e. The summed E-state index contributed by atoms with van der Waals surface area (Å²) in [5, 5.41) is 7.74. The molecule has 1 unspecified atom stereocenters. The molecule has 1 N–H and O–H groups in total. The molecule has 5 aliphatic rings. The van der Waals surface area contributed by atoms with E-state index < -0.39 is 0 Å². The van der Waals surface area contributed by atoms with Gasteiger partial charge in [-0.2, -0.15) is 0 Å². The Hall–Kier alpha value is -1.43. The van der Waals surface area contributed by atoms with Crippen molar-refractivity contribution in [3.05, 3.63) is 0 Å². The molecule has 3 aliphatic carbocycles. The summed E-state index contributed by atoms with van der Waals surface area (Å²) in [6.07, 6.45) is 7.30. The third-order valence-electron chi connectivity index (χ3n) is 9.23. The van der Waals surface area contributed by atoms with Crippen LogP contribution in [0.25, 0.3) is 0 Å². The molecule has 29 heavy (non-hydrogen) atoms. The van der Waals surface area contributed by atoms with E-state index in [2.05, 4.69) is 24.3 Å². The van der Waals surface area contributed by atoms with E-state index >= 15 is 0 Å². The summed E-state index contributed by atoms with van der Waals surface area (Å²) in [7, 11) is 0. The second kappa shape index (κ2) is 7.07. The Morgan fingerprint density at radius 2 is 1.97 bits per heavy atom. The van der Waals surface area contributed by atoms with Crippen LogP contribution in [0.2, 0.25) is 0 Å². The molecule has 3 saturated carbocycles. The molecule has 0 spiro atoms. The summed E-state index contributed by atoms with van der Waals surface area (Å²) >= 11 is 0. The molecule has 2 saturated heterocycles. The molecule has 0 radical (unpaired) electrons. The van der Waals surface area contributed by atoms with Crippen LogP contribution in [-0.2, 0) is 19.2 Å². The second-order valence-corrected chi connectivity index (χ2v) is 10.6.